The monoisotopic (exact) mass is 276 g/mol. The second kappa shape index (κ2) is 5.91. The molecule has 2 aromatic rings. The normalized spacial score (nSPS) is 10.4. The van der Waals surface area contributed by atoms with Crippen LogP contribution < -0.4 is 0 Å². The van der Waals surface area contributed by atoms with Gasteiger partial charge in [0.2, 0.25) is 0 Å². The topological polar surface area (TPSA) is 111 Å². The maximum atomic E-state index is 10.5. The zero-order chi connectivity index (χ0) is 14.5. The Balaban J connectivity index is 1.99. The van der Waals surface area contributed by atoms with Crippen molar-refractivity contribution in [3.63, 3.8) is 0 Å². The van der Waals surface area contributed by atoms with E-state index >= 15 is 0 Å². The summed E-state index contributed by atoms with van der Waals surface area (Å²) < 4.78 is 1.57. The van der Waals surface area contributed by atoms with Gasteiger partial charge < -0.3 is 5.11 Å². The van der Waals surface area contributed by atoms with Gasteiger partial charge in [0.25, 0.3) is 5.69 Å². The molecule has 0 fully saturated rings. The lowest BCUT2D eigenvalue weighted by atomic mass is 10.2. The average molecular weight is 276 g/mol. The smallest absolute Gasteiger partial charge is 0.303 e. The fourth-order valence-corrected chi connectivity index (χ4v) is 1.68. The van der Waals surface area contributed by atoms with Crippen LogP contribution in [-0.2, 0) is 17.8 Å². The zero-order valence-electron chi connectivity index (χ0n) is 10.5. The summed E-state index contributed by atoms with van der Waals surface area (Å²) in [5.41, 5.74) is 1.49. The first-order valence-electron chi connectivity index (χ1n) is 5.89. The van der Waals surface area contributed by atoms with Gasteiger partial charge in [-0.3, -0.25) is 14.9 Å². The maximum absolute atomic E-state index is 10.5. The van der Waals surface area contributed by atoms with E-state index in [2.05, 4.69) is 10.3 Å². The molecule has 0 aliphatic rings. The molecule has 0 aliphatic heterocycles. The van der Waals surface area contributed by atoms with E-state index in [0.29, 0.717) is 18.7 Å². The molecular formula is C12H12N4O4. The van der Waals surface area contributed by atoms with Crippen LogP contribution in [0, 0.1) is 10.1 Å². The first-order valence-corrected chi connectivity index (χ1v) is 5.89. The van der Waals surface area contributed by atoms with Gasteiger partial charge >= 0.3 is 5.97 Å². The second-order valence-corrected chi connectivity index (χ2v) is 4.22. The number of hydrogen-bond donors (Lipinski definition) is 1. The van der Waals surface area contributed by atoms with Gasteiger partial charge in [-0.2, -0.15) is 0 Å². The highest BCUT2D eigenvalue weighted by atomic mass is 16.6. The maximum Gasteiger partial charge on any atom is 0.303 e. The molecule has 8 nitrogen and oxygen atoms in total. The quantitative estimate of drug-likeness (QED) is 0.627. The molecule has 0 aliphatic carbocycles. The third-order valence-corrected chi connectivity index (χ3v) is 2.67. The number of aromatic nitrogens is 3. The molecule has 1 aromatic heterocycles. The molecule has 0 atom stereocenters. The van der Waals surface area contributed by atoms with Crippen molar-refractivity contribution in [2.75, 3.05) is 0 Å². The van der Waals surface area contributed by atoms with E-state index in [0.717, 1.165) is 5.56 Å². The van der Waals surface area contributed by atoms with Crippen molar-refractivity contribution in [2.45, 2.75) is 19.4 Å². The Kier molecular flexibility index (Phi) is 4.04. The van der Waals surface area contributed by atoms with Crippen LogP contribution in [0.1, 0.15) is 17.7 Å². The van der Waals surface area contributed by atoms with Gasteiger partial charge in [0.1, 0.15) is 0 Å². The summed E-state index contributed by atoms with van der Waals surface area (Å²) >= 11 is 0. The lowest BCUT2D eigenvalue weighted by Crippen LogP contribution is -2.00. The molecule has 1 heterocycles. The SMILES string of the molecule is O=C(O)CCc1cn(Cc2ccc([N+](=O)[O-])cc2)nn1. The Labute approximate surface area is 113 Å². The first kappa shape index (κ1) is 13.7. The molecular weight excluding hydrogens is 264 g/mol. The third-order valence-electron chi connectivity index (χ3n) is 2.67. The molecule has 1 N–H and O–H groups in total. The fourth-order valence-electron chi connectivity index (χ4n) is 1.68. The van der Waals surface area contributed by atoms with Gasteiger partial charge in [-0.05, 0) is 5.56 Å². The number of carboxylic acid groups (broad SMARTS) is 1. The summed E-state index contributed by atoms with van der Waals surface area (Å²) in [5, 5.41) is 26.9. The number of non-ortho nitro benzene ring substituents is 1. The molecule has 0 spiro atoms. The molecule has 0 saturated heterocycles. The van der Waals surface area contributed by atoms with Crippen LogP contribution in [0.5, 0.6) is 0 Å². The third kappa shape index (κ3) is 3.61. The Hall–Kier alpha value is -2.77. The number of aliphatic carboxylic acids is 1. The summed E-state index contributed by atoms with van der Waals surface area (Å²) in [6.45, 7) is 0.429. The molecule has 2 rings (SSSR count). The minimum atomic E-state index is -0.880. The molecule has 8 heteroatoms. The Morgan fingerprint density at radius 3 is 2.65 bits per heavy atom. The van der Waals surface area contributed by atoms with Crippen molar-refractivity contribution in [1.29, 1.82) is 0 Å². The number of hydrogen-bond acceptors (Lipinski definition) is 5. The number of carbonyl (C=O) groups is 1. The van der Waals surface area contributed by atoms with Crippen molar-refractivity contribution in [2.24, 2.45) is 0 Å². The summed E-state index contributed by atoms with van der Waals surface area (Å²) in [7, 11) is 0. The van der Waals surface area contributed by atoms with Crippen LogP contribution in [0.4, 0.5) is 5.69 Å². The lowest BCUT2D eigenvalue weighted by molar-refractivity contribution is -0.384. The number of aryl methyl sites for hydroxylation is 1. The first-order chi connectivity index (χ1) is 9.54. The van der Waals surface area contributed by atoms with Gasteiger partial charge in [-0.25, -0.2) is 4.68 Å². The van der Waals surface area contributed by atoms with E-state index < -0.39 is 10.9 Å². The molecule has 0 amide bonds. The Morgan fingerprint density at radius 1 is 1.35 bits per heavy atom. The highest BCUT2D eigenvalue weighted by Crippen LogP contribution is 2.12. The van der Waals surface area contributed by atoms with Crippen LogP contribution in [0.25, 0.3) is 0 Å². The van der Waals surface area contributed by atoms with E-state index in [-0.39, 0.29) is 12.1 Å². The molecule has 1 aromatic carbocycles. The van der Waals surface area contributed by atoms with E-state index in [1.54, 1.807) is 23.0 Å². The van der Waals surface area contributed by atoms with Crippen LogP contribution >= 0.6 is 0 Å². The molecule has 0 saturated carbocycles. The van der Waals surface area contributed by atoms with Gasteiger partial charge in [-0.1, -0.05) is 17.3 Å². The van der Waals surface area contributed by atoms with Crippen LogP contribution in [0.15, 0.2) is 30.5 Å². The van der Waals surface area contributed by atoms with E-state index in [1.807, 2.05) is 0 Å². The minimum Gasteiger partial charge on any atom is -0.481 e. The lowest BCUT2D eigenvalue weighted by Gasteiger charge is -2.00. The van der Waals surface area contributed by atoms with Crippen LogP contribution in [0.2, 0.25) is 0 Å². The number of benzene rings is 1. The van der Waals surface area contributed by atoms with E-state index in [4.69, 9.17) is 5.11 Å². The van der Waals surface area contributed by atoms with Crippen molar-refractivity contribution in [3.8, 4) is 0 Å². The highest BCUT2D eigenvalue weighted by Gasteiger charge is 2.06. The van der Waals surface area contributed by atoms with Crippen LogP contribution in [-0.4, -0.2) is 31.0 Å². The number of nitrogens with zero attached hydrogens (tertiary/aromatic N) is 4. The molecule has 0 bridgehead atoms. The van der Waals surface area contributed by atoms with Gasteiger partial charge in [0, 0.05) is 24.8 Å². The predicted molar refractivity (Wildman–Crippen MR) is 68.2 cm³/mol. The van der Waals surface area contributed by atoms with Crippen molar-refractivity contribution in [1.82, 2.24) is 15.0 Å². The fraction of sp³-hybridized carbons (Fsp3) is 0.250. The average Bonchev–Trinajstić information content (AvgIpc) is 2.84. The Morgan fingerprint density at radius 2 is 2.05 bits per heavy atom. The van der Waals surface area contributed by atoms with Crippen molar-refractivity contribution >= 4 is 11.7 Å². The predicted octanol–water partition coefficient (Wildman–Crippen LogP) is 1.25. The van der Waals surface area contributed by atoms with Crippen molar-refractivity contribution < 1.29 is 14.8 Å². The molecule has 0 radical (unpaired) electrons. The molecule has 0 unspecified atom stereocenters. The molecule has 104 valence electrons. The summed E-state index contributed by atoms with van der Waals surface area (Å²) in [6.07, 6.45) is 2.01. The standard InChI is InChI=1S/C12H12N4O4/c17-12(18)6-3-10-8-15(14-13-10)7-9-1-4-11(5-2-9)16(19)20/h1-2,4-5,8H,3,6-7H2,(H,17,18). The number of nitro benzene ring substituents is 1. The largest absolute Gasteiger partial charge is 0.481 e. The van der Waals surface area contributed by atoms with Crippen molar-refractivity contribution in [3.05, 3.63) is 51.8 Å². The highest BCUT2D eigenvalue weighted by molar-refractivity contribution is 5.66. The summed E-state index contributed by atoms with van der Waals surface area (Å²) in [5.74, 6) is -0.880. The van der Waals surface area contributed by atoms with E-state index in [9.17, 15) is 14.9 Å². The van der Waals surface area contributed by atoms with Gasteiger partial charge in [0.15, 0.2) is 0 Å². The van der Waals surface area contributed by atoms with E-state index in [1.165, 1.54) is 12.1 Å². The minimum absolute atomic E-state index is 0.0101. The second-order valence-electron chi connectivity index (χ2n) is 4.22. The number of rotatable bonds is 6. The van der Waals surface area contributed by atoms with Gasteiger partial charge in [0.05, 0.1) is 23.6 Å². The summed E-state index contributed by atoms with van der Waals surface area (Å²) in [6, 6.07) is 6.16. The molecule has 20 heavy (non-hydrogen) atoms. The Bertz CT molecular complexity index is 621. The number of nitro groups is 1. The van der Waals surface area contributed by atoms with Crippen LogP contribution in [0.3, 0.4) is 0 Å². The van der Waals surface area contributed by atoms with Gasteiger partial charge in [-0.15, -0.1) is 5.10 Å². The summed E-state index contributed by atoms with van der Waals surface area (Å²) in [4.78, 5) is 20.5. The zero-order valence-corrected chi connectivity index (χ0v) is 10.5. The number of carboxylic acids is 1.